The van der Waals surface area contributed by atoms with Crippen molar-refractivity contribution in [3.63, 3.8) is 0 Å². The molecule has 1 aliphatic rings. The van der Waals surface area contributed by atoms with E-state index < -0.39 is 0 Å². The second-order valence-electron chi connectivity index (χ2n) is 5.30. The van der Waals surface area contributed by atoms with Gasteiger partial charge in [0.2, 0.25) is 0 Å². The van der Waals surface area contributed by atoms with Crippen molar-refractivity contribution in [3.8, 4) is 0 Å². The monoisotopic (exact) mass is 256 g/mol. The van der Waals surface area contributed by atoms with E-state index in [0.717, 1.165) is 30.3 Å². The maximum atomic E-state index is 4.56. The van der Waals surface area contributed by atoms with Crippen LogP contribution in [0.25, 0.3) is 0 Å². The van der Waals surface area contributed by atoms with E-state index >= 15 is 0 Å². The molecule has 0 spiro atoms. The molecule has 2 N–H and O–H groups in total. The minimum absolute atomic E-state index is 0.104. The fourth-order valence-corrected chi connectivity index (χ4v) is 2.70. The quantitative estimate of drug-likeness (QED) is 0.868. The van der Waals surface area contributed by atoms with Gasteiger partial charge in [-0.3, -0.25) is 0 Å². The van der Waals surface area contributed by atoms with E-state index in [0.29, 0.717) is 0 Å². The van der Waals surface area contributed by atoms with Crippen LogP contribution >= 0.6 is 0 Å². The SMILES string of the molecule is CCn1nc(C)c2c1NC(C)(c1ccccc1)CN2. The third-order valence-electron chi connectivity index (χ3n) is 3.85. The van der Waals surface area contributed by atoms with E-state index in [4.69, 9.17) is 0 Å². The topological polar surface area (TPSA) is 41.9 Å². The third kappa shape index (κ3) is 1.87. The Morgan fingerprint density at radius 2 is 2.05 bits per heavy atom. The van der Waals surface area contributed by atoms with Crippen molar-refractivity contribution in [3.05, 3.63) is 41.6 Å². The Kier molecular flexibility index (Phi) is 2.73. The lowest BCUT2D eigenvalue weighted by Crippen LogP contribution is -2.43. The number of nitrogens with one attached hydrogen (secondary N) is 2. The number of aromatic nitrogens is 2. The number of aryl methyl sites for hydroxylation is 2. The second-order valence-corrected chi connectivity index (χ2v) is 5.30. The van der Waals surface area contributed by atoms with Crippen LogP contribution in [0, 0.1) is 6.92 Å². The molecule has 1 aromatic carbocycles. The summed E-state index contributed by atoms with van der Waals surface area (Å²) in [6, 6.07) is 10.5. The smallest absolute Gasteiger partial charge is 0.148 e. The molecule has 3 rings (SSSR count). The maximum Gasteiger partial charge on any atom is 0.148 e. The zero-order chi connectivity index (χ0) is 13.5. The molecule has 2 aromatic rings. The van der Waals surface area contributed by atoms with Gasteiger partial charge in [-0.1, -0.05) is 30.3 Å². The van der Waals surface area contributed by atoms with Gasteiger partial charge < -0.3 is 10.6 Å². The van der Waals surface area contributed by atoms with E-state index in [1.807, 2.05) is 11.6 Å². The normalized spacial score (nSPS) is 21.4. The average molecular weight is 256 g/mol. The van der Waals surface area contributed by atoms with Crippen molar-refractivity contribution in [2.45, 2.75) is 32.9 Å². The summed E-state index contributed by atoms with van der Waals surface area (Å²) in [5, 5.41) is 11.8. The van der Waals surface area contributed by atoms with Crippen LogP contribution in [0.2, 0.25) is 0 Å². The van der Waals surface area contributed by atoms with Gasteiger partial charge in [-0.15, -0.1) is 0 Å². The van der Waals surface area contributed by atoms with Gasteiger partial charge in [-0.25, -0.2) is 4.68 Å². The predicted octanol–water partition coefficient (Wildman–Crippen LogP) is 2.96. The van der Waals surface area contributed by atoms with Gasteiger partial charge in [0.05, 0.1) is 11.2 Å². The molecule has 0 aliphatic carbocycles. The lowest BCUT2D eigenvalue weighted by molar-refractivity contribution is 0.546. The van der Waals surface area contributed by atoms with E-state index in [2.05, 4.69) is 59.9 Å². The van der Waals surface area contributed by atoms with E-state index in [-0.39, 0.29) is 5.54 Å². The molecule has 0 radical (unpaired) electrons. The lowest BCUT2D eigenvalue weighted by atomic mass is 9.90. The molecule has 0 amide bonds. The molecule has 1 unspecified atom stereocenters. The lowest BCUT2D eigenvalue weighted by Gasteiger charge is -2.37. The molecule has 2 heterocycles. The first-order chi connectivity index (χ1) is 9.14. The van der Waals surface area contributed by atoms with Gasteiger partial charge in [-0.2, -0.15) is 5.10 Å². The first kappa shape index (κ1) is 12.1. The minimum Gasteiger partial charge on any atom is -0.378 e. The highest BCUT2D eigenvalue weighted by molar-refractivity contribution is 5.72. The largest absolute Gasteiger partial charge is 0.378 e. The summed E-state index contributed by atoms with van der Waals surface area (Å²) in [5.41, 5.74) is 3.37. The van der Waals surface area contributed by atoms with Gasteiger partial charge in [0, 0.05) is 13.1 Å². The molecule has 1 aliphatic heterocycles. The van der Waals surface area contributed by atoms with Crippen LogP contribution in [-0.2, 0) is 12.1 Å². The van der Waals surface area contributed by atoms with Crippen molar-refractivity contribution < 1.29 is 0 Å². The Balaban J connectivity index is 2.02. The fourth-order valence-electron chi connectivity index (χ4n) is 2.70. The number of benzene rings is 1. The molecular weight excluding hydrogens is 236 g/mol. The zero-order valence-corrected chi connectivity index (χ0v) is 11.7. The molecule has 0 fully saturated rings. The van der Waals surface area contributed by atoms with E-state index in [1.54, 1.807) is 0 Å². The minimum atomic E-state index is -0.104. The molecule has 0 bridgehead atoms. The first-order valence-corrected chi connectivity index (χ1v) is 6.79. The predicted molar refractivity (Wildman–Crippen MR) is 78.5 cm³/mol. The highest BCUT2D eigenvalue weighted by Gasteiger charge is 2.33. The van der Waals surface area contributed by atoms with Gasteiger partial charge in [0.1, 0.15) is 11.5 Å². The van der Waals surface area contributed by atoms with Crippen molar-refractivity contribution >= 4 is 11.5 Å². The highest BCUT2D eigenvalue weighted by atomic mass is 15.4. The van der Waals surface area contributed by atoms with Crippen molar-refractivity contribution in [2.24, 2.45) is 0 Å². The summed E-state index contributed by atoms with van der Waals surface area (Å²) < 4.78 is 2.03. The summed E-state index contributed by atoms with van der Waals surface area (Å²) in [6.45, 7) is 8.12. The molecule has 0 saturated heterocycles. The Labute approximate surface area is 113 Å². The molecule has 100 valence electrons. The average Bonchev–Trinajstić information content (AvgIpc) is 2.75. The van der Waals surface area contributed by atoms with Crippen LogP contribution in [0.15, 0.2) is 30.3 Å². The van der Waals surface area contributed by atoms with Gasteiger partial charge in [-0.05, 0) is 26.3 Å². The van der Waals surface area contributed by atoms with E-state index in [9.17, 15) is 0 Å². The Morgan fingerprint density at radius 1 is 1.32 bits per heavy atom. The highest BCUT2D eigenvalue weighted by Crippen LogP contribution is 2.37. The van der Waals surface area contributed by atoms with Gasteiger partial charge in [0.15, 0.2) is 0 Å². The maximum absolute atomic E-state index is 4.56. The summed E-state index contributed by atoms with van der Waals surface area (Å²) >= 11 is 0. The van der Waals surface area contributed by atoms with Crippen LogP contribution in [0.4, 0.5) is 11.5 Å². The molecule has 1 atom stereocenters. The molecule has 19 heavy (non-hydrogen) atoms. The van der Waals surface area contributed by atoms with Crippen molar-refractivity contribution in [1.82, 2.24) is 9.78 Å². The molecule has 4 nitrogen and oxygen atoms in total. The Morgan fingerprint density at radius 3 is 2.74 bits per heavy atom. The molecule has 0 saturated carbocycles. The fraction of sp³-hybridized carbons (Fsp3) is 0.400. The van der Waals surface area contributed by atoms with Crippen LogP contribution < -0.4 is 10.6 Å². The van der Waals surface area contributed by atoms with Crippen molar-refractivity contribution in [1.29, 1.82) is 0 Å². The second kappa shape index (κ2) is 4.30. The zero-order valence-electron chi connectivity index (χ0n) is 11.7. The molecule has 4 heteroatoms. The number of rotatable bonds is 2. The van der Waals surface area contributed by atoms with E-state index in [1.165, 1.54) is 5.56 Å². The molecule has 1 aromatic heterocycles. The standard InChI is InChI=1S/C15H20N4/c1-4-19-14-13(11(2)18-19)16-10-15(3,17-14)12-8-6-5-7-9-12/h5-9,16-17H,4,10H2,1-3H3. The number of hydrogen-bond donors (Lipinski definition) is 2. The summed E-state index contributed by atoms with van der Waals surface area (Å²) in [5.74, 6) is 1.10. The van der Waals surface area contributed by atoms with Crippen LogP contribution in [0.5, 0.6) is 0 Å². The first-order valence-electron chi connectivity index (χ1n) is 6.79. The van der Waals surface area contributed by atoms with Gasteiger partial charge in [0.25, 0.3) is 0 Å². The van der Waals surface area contributed by atoms with Crippen LogP contribution in [-0.4, -0.2) is 16.3 Å². The number of anilines is 2. The Hall–Kier alpha value is -1.97. The number of nitrogens with zero attached hydrogens (tertiary/aromatic N) is 2. The van der Waals surface area contributed by atoms with Gasteiger partial charge >= 0.3 is 0 Å². The molecular formula is C15H20N4. The Bertz CT molecular complexity index is 588. The summed E-state index contributed by atoms with van der Waals surface area (Å²) in [4.78, 5) is 0. The van der Waals surface area contributed by atoms with Crippen LogP contribution in [0.3, 0.4) is 0 Å². The summed E-state index contributed by atoms with van der Waals surface area (Å²) in [6.07, 6.45) is 0. The number of hydrogen-bond acceptors (Lipinski definition) is 3. The van der Waals surface area contributed by atoms with Crippen molar-refractivity contribution in [2.75, 3.05) is 17.2 Å². The number of fused-ring (bicyclic) bond motifs is 1. The van der Waals surface area contributed by atoms with Crippen LogP contribution in [0.1, 0.15) is 25.1 Å². The third-order valence-corrected chi connectivity index (χ3v) is 3.85. The summed E-state index contributed by atoms with van der Waals surface area (Å²) in [7, 11) is 0.